The molecule has 7 nitrogen and oxygen atoms in total. The number of carboxylic acids is 1. The molecule has 0 saturated heterocycles. The topological polar surface area (TPSA) is 92.9 Å². The van der Waals surface area contributed by atoms with Crippen molar-refractivity contribution in [2.45, 2.75) is 52.1 Å². The lowest BCUT2D eigenvalue weighted by Gasteiger charge is -2.27. The standard InChI is InChI=1S/C24H28N2O5S/c1-17(2)26(24(29)23-25-15-21(32-23)20-11-8-14-31-20)16-18-9-5-6-10-19(18)30-13-7-3-4-12-22(27)28/h5-6,8-11,14-15,17H,3-4,7,12-13,16H2,1-2H3,(H,27,28)/i16D. The first-order valence-electron chi connectivity index (χ1n) is 11.1. The van der Waals surface area contributed by atoms with E-state index in [1.807, 2.05) is 32.0 Å². The van der Waals surface area contributed by atoms with E-state index in [9.17, 15) is 9.59 Å². The van der Waals surface area contributed by atoms with Gasteiger partial charge in [-0.2, -0.15) is 0 Å². The first-order chi connectivity index (χ1) is 15.9. The highest BCUT2D eigenvalue weighted by molar-refractivity contribution is 7.16. The number of ether oxygens (including phenoxy) is 1. The fourth-order valence-corrected chi connectivity index (χ4v) is 3.89. The molecule has 0 fully saturated rings. The molecule has 32 heavy (non-hydrogen) atoms. The molecule has 1 unspecified atom stereocenters. The highest BCUT2D eigenvalue weighted by Crippen LogP contribution is 2.28. The summed E-state index contributed by atoms with van der Waals surface area (Å²) in [5.74, 6) is 0.0707. The summed E-state index contributed by atoms with van der Waals surface area (Å²) in [4.78, 5) is 30.4. The Balaban J connectivity index is 1.71. The molecular weight excluding hydrogens is 428 g/mol. The zero-order chi connectivity index (χ0) is 23.8. The van der Waals surface area contributed by atoms with Crippen LogP contribution in [-0.2, 0) is 11.3 Å². The molecule has 170 valence electrons. The van der Waals surface area contributed by atoms with E-state index < -0.39 is 12.5 Å². The number of para-hydroxylation sites is 1. The summed E-state index contributed by atoms with van der Waals surface area (Å²) in [5.41, 5.74) is 0.591. The zero-order valence-electron chi connectivity index (χ0n) is 19.2. The largest absolute Gasteiger partial charge is 0.493 e. The molecule has 1 aromatic carbocycles. The van der Waals surface area contributed by atoms with Crippen molar-refractivity contribution in [1.29, 1.82) is 0 Å². The fourth-order valence-electron chi connectivity index (χ4n) is 3.06. The van der Waals surface area contributed by atoms with Crippen LogP contribution in [0.4, 0.5) is 0 Å². The molecule has 3 rings (SSSR count). The van der Waals surface area contributed by atoms with Gasteiger partial charge in [-0.05, 0) is 51.3 Å². The number of hydrogen-bond acceptors (Lipinski definition) is 6. The monoisotopic (exact) mass is 457 g/mol. The second kappa shape index (κ2) is 11.5. The van der Waals surface area contributed by atoms with E-state index in [0.717, 1.165) is 11.3 Å². The Labute approximate surface area is 193 Å². The van der Waals surface area contributed by atoms with E-state index in [1.54, 1.807) is 30.7 Å². The summed E-state index contributed by atoms with van der Waals surface area (Å²) in [7, 11) is 0. The van der Waals surface area contributed by atoms with E-state index >= 15 is 0 Å². The summed E-state index contributed by atoms with van der Waals surface area (Å²) >= 11 is 1.23. The third-order valence-corrected chi connectivity index (χ3v) is 5.73. The van der Waals surface area contributed by atoms with Crippen molar-refractivity contribution in [2.24, 2.45) is 0 Å². The number of benzene rings is 1. The summed E-state index contributed by atoms with van der Waals surface area (Å²) in [6.07, 6.45) is 5.39. The lowest BCUT2D eigenvalue weighted by atomic mass is 10.1. The number of carboxylic acid groups (broad SMARTS) is 1. The van der Waals surface area contributed by atoms with Gasteiger partial charge in [-0.15, -0.1) is 11.3 Å². The Morgan fingerprint density at radius 3 is 2.75 bits per heavy atom. The Hall–Kier alpha value is -3.13. The smallest absolute Gasteiger partial charge is 0.303 e. The summed E-state index contributed by atoms with van der Waals surface area (Å²) in [6, 6.07) is 10.6. The van der Waals surface area contributed by atoms with Gasteiger partial charge in [0.1, 0.15) is 11.5 Å². The average molecular weight is 458 g/mol. The van der Waals surface area contributed by atoms with Gasteiger partial charge in [-0.25, -0.2) is 4.98 Å². The van der Waals surface area contributed by atoms with Crippen LogP contribution in [0.25, 0.3) is 10.6 Å². The van der Waals surface area contributed by atoms with Gasteiger partial charge in [0.2, 0.25) is 0 Å². The molecule has 1 atom stereocenters. The van der Waals surface area contributed by atoms with Crippen molar-refractivity contribution in [3.63, 3.8) is 0 Å². The Kier molecular flexibility index (Phi) is 7.92. The van der Waals surface area contributed by atoms with Crippen LogP contribution in [0, 0.1) is 0 Å². The van der Waals surface area contributed by atoms with Gasteiger partial charge in [0.05, 0.1) is 19.1 Å². The average Bonchev–Trinajstić information content (AvgIpc) is 3.48. The van der Waals surface area contributed by atoms with Gasteiger partial charge >= 0.3 is 5.97 Å². The van der Waals surface area contributed by atoms with Gasteiger partial charge in [0, 0.05) is 30.7 Å². The third-order valence-electron chi connectivity index (χ3n) is 4.73. The third kappa shape index (κ3) is 6.43. The predicted molar refractivity (Wildman–Crippen MR) is 123 cm³/mol. The first kappa shape index (κ1) is 22.1. The molecule has 2 aromatic heterocycles. The van der Waals surface area contributed by atoms with Crippen LogP contribution in [0.1, 0.15) is 56.3 Å². The molecule has 0 spiro atoms. The minimum atomic E-state index is -0.975. The summed E-state index contributed by atoms with van der Waals surface area (Å²) in [5, 5.41) is 9.02. The number of thiazole rings is 1. The van der Waals surface area contributed by atoms with Crippen LogP contribution in [0.5, 0.6) is 5.75 Å². The number of aromatic nitrogens is 1. The van der Waals surface area contributed by atoms with Gasteiger partial charge in [-0.3, -0.25) is 9.59 Å². The van der Waals surface area contributed by atoms with Crippen LogP contribution < -0.4 is 4.74 Å². The molecule has 0 saturated carbocycles. The quantitative estimate of drug-likeness (QED) is 0.362. The van der Waals surface area contributed by atoms with Gasteiger partial charge < -0.3 is 19.2 Å². The Morgan fingerprint density at radius 1 is 1.22 bits per heavy atom. The Bertz CT molecular complexity index is 1050. The number of carbonyl (C=O) groups is 2. The number of amides is 1. The molecule has 2 heterocycles. The minimum absolute atomic E-state index is 0.148. The molecule has 8 heteroatoms. The van der Waals surface area contributed by atoms with Crippen molar-refractivity contribution >= 4 is 23.2 Å². The molecule has 0 aliphatic heterocycles. The molecule has 3 aromatic rings. The van der Waals surface area contributed by atoms with Crippen molar-refractivity contribution in [1.82, 2.24) is 9.88 Å². The zero-order valence-corrected chi connectivity index (χ0v) is 19.0. The van der Waals surface area contributed by atoms with Gasteiger partial charge in [-0.1, -0.05) is 18.2 Å². The number of furan rings is 1. The van der Waals surface area contributed by atoms with E-state index in [4.69, 9.17) is 15.6 Å². The highest BCUT2D eigenvalue weighted by atomic mass is 32.1. The molecule has 0 bridgehead atoms. The minimum Gasteiger partial charge on any atom is -0.493 e. The SMILES string of the molecule is [2H]C(c1ccccc1OCCCCCC(=O)O)N(C(=O)c1ncc(-c2ccco2)s1)C(C)C. The van der Waals surface area contributed by atoms with Crippen LogP contribution in [0.15, 0.2) is 53.3 Å². The van der Waals surface area contributed by atoms with Crippen LogP contribution >= 0.6 is 11.3 Å². The molecule has 1 N–H and O–H groups in total. The maximum Gasteiger partial charge on any atom is 0.303 e. The van der Waals surface area contributed by atoms with Crippen LogP contribution in [0.3, 0.4) is 0 Å². The lowest BCUT2D eigenvalue weighted by Crippen LogP contribution is -2.36. The van der Waals surface area contributed by atoms with E-state index in [-0.39, 0.29) is 18.4 Å². The maximum atomic E-state index is 13.3. The number of rotatable bonds is 12. The van der Waals surface area contributed by atoms with Crippen molar-refractivity contribution in [3.05, 3.63) is 59.4 Å². The van der Waals surface area contributed by atoms with Crippen molar-refractivity contribution < 1.29 is 25.2 Å². The Morgan fingerprint density at radius 2 is 2.03 bits per heavy atom. The predicted octanol–water partition coefficient (Wildman–Crippen LogP) is 5.48. The highest BCUT2D eigenvalue weighted by Gasteiger charge is 2.24. The summed E-state index contributed by atoms with van der Waals surface area (Å²) < 4.78 is 20.2. The molecule has 1 amide bonds. The lowest BCUT2D eigenvalue weighted by molar-refractivity contribution is -0.137. The normalized spacial score (nSPS) is 12.4. The van der Waals surface area contributed by atoms with Gasteiger partial charge in [0.25, 0.3) is 5.91 Å². The fraction of sp³-hybridized carbons (Fsp3) is 0.375. The van der Waals surface area contributed by atoms with E-state index in [0.29, 0.717) is 41.5 Å². The van der Waals surface area contributed by atoms with Crippen molar-refractivity contribution in [3.8, 4) is 16.4 Å². The van der Waals surface area contributed by atoms with Crippen LogP contribution in [-0.4, -0.2) is 39.5 Å². The van der Waals surface area contributed by atoms with Crippen molar-refractivity contribution in [2.75, 3.05) is 6.61 Å². The second-order valence-corrected chi connectivity index (χ2v) is 8.56. The molecule has 0 aliphatic carbocycles. The number of hydrogen-bond donors (Lipinski definition) is 1. The number of carbonyl (C=O) groups excluding carboxylic acids is 1. The number of unbranched alkanes of at least 4 members (excludes halogenated alkanes) is 2. The molecule has 0 radical (unpaired) electrons. The maximum absolute atomic E-state index is 13.3. The van der Waals surface area contributed by atoms with E-state index in [2.05, 4.69) is 4.98 Å². The van der Waals surface area contributed by atoms with Crippen LogP contribution in [0.2, 0.25) is 0 Å². The molecular formula is C24H28N2O5S. The number of aliphatic carboxylic acids is 1. The summed E-state index contributed by atoms with van der Waals surface area (Å²) in [6.45, 7) is 3.17. The second-order valence-electron chi connectivity index (χ2n) is 7.53. The molecule has 0 aliphatic rings. The van der Waals surface area contributed by atoms with E-state index in [1.165, 1.54) is 16.2 Å². The first-order valence-corrected chi connectivity index (χ1v) is 11.4. The number of nitrogens with zero attached hydrogens (tertiary/aromatic N) is 2. The van der Waals surface area contributed by atoms with Gasteiger partial charge in [0.15, 0.2) is 5.01 Å².